The van der Waals surface area contributed by atoms with Crippen LogP contribution in [0.5, 0.6) is 0 Å². The molecule has 2 aliphatic rings. The first-order valence-corrected chi connectivity index (χ1v) is 5.88. The van der Waals surface area contributed by atoms with Gasteiger partial charge in [-0.15, -0.1) is 0 Å². The van der Waals surface area contributed by atoms with Crippen molar-refractivity contribution in [2.45, 2.75) is 6.04 Å². The highest BCUT2D eigenvalue weighted by Crippen LogP contribution is 2.31. The first kappa shape index (κ1) is 11.7. The van der Waals surface area contributed by atoms with E-state index in [2.05, 4.69) is 10.6 Å². The summed E-state index contributed by atoms with van der Waals surface area (Å²) in [6.45, 7) is 0.368. The molecule has 0 radical (unpaired) electrons. The van der Waals surface area contributed by atoms with Gasteiger partial charge in [0, 0.05) is 7.05 Å². The van der Waals surface area contributed by atoms with Crippen LogP contribution < -0.4 is 10.6 Å². The van der Waals surface area contributed by atoms with Crippen LogP contribution in [0.15, 0.2) is 35.5 Å². The molecule has 2 aliphatic heterocycles. The highest BCUT2D eigenvalue weighted by Gasteiger charge is 2.38. The number of benzene rings is 1. The molecule has 98 valence electrons. The summed E-state index contributed by atoms with van der Waals surface area (Å²) in [5.41, 5.74) is 1.63. The lowest BCUT2D eigenvalue weighted by molar-refractivity contribution is -0.124. The van der Waals surface area contributed by atoms with Crippen molar-refractivity contribution >= 4 is 11.9 Å². The highest BCUT2D eigenvalue weighted by atomic mass is 19.1. The normalized spacial score (nSPS) is 22.2. The Morgan fingerprint density at radius 3 is 2.89 bits per heavy atom. The minimum absolute atomic E-state index is 0.156. The lowest BCUT2D eigenvalue weighted by Crippen LogP contribution is -2.44. The second-order valence-electron chi connectivity index (χ2n) is 4.64. The van der Waals surface area contributed by atoms with Crippen molar-refractivity contribution in [1.82, 2.24) is 15.5 Å². The molecule has 1 aromatic carbocycles. The number of amides is 3. The molecule has 0 bridgehead atoms. The molecule has 0 fully saturated rings. The van der Waals surface area contributed by atoms with E-state index in [9.17, 15) is 14.0 Å². The molecule has 6 heteroatoms. The number of carbonyl (C=O) groups is 2. The van der Waals surface area contributed by atoms with Gasteiger partial charge in [0.05, 0.1) is 23.9 Å². The Bertz CT molecular complexity index is 612. The molecule has 0 unspecified atom stereocenters. The number of nitrogens with one attached hydrogen (secondary N) is 2. The Kier molecular flexibility index (Phi) is 2.51. The monoisotopic (exact) mass is 261 g/mol. The average Bonchev–Trinajstić information content (AvgIpc) is 2.64. The summed E-state index contributed by atoms with van der Waals surface area (Å²) in [6, 6.07) is 4.92. The zero-order valence-corrected chi connectivity index (χ0v) is 10.2. The minimum atomic E-state index is -0.600. The topological polar surface area (TPSA) is 61.4 Å². The van der Waals surface area contributed by atoms with E-state index in [-0.39, 0.29) is 11.9 Å². The van der Waals surface area contributed by atoms with Crippen LogP contribution in [0.1, 0.15) is 11.6 Å². The molecular weight excluding hydrogens is 249 g/mol. The van der Waals surface area contributed by atoms with Crippen molar-refractivity contribution < 1.29 is 14.0 Å². The number of carbonyl (C=O) groups excluding carboxylic acids is 2. The van der Waals surface area contributed by atoms with Gasteiger partial charge in [-0.1, -0.05) is 12.1 Å². The molecular formula is C13H12FN3O2. The van der Waals surface area contributed by atoms with Gasteiger partial charge >= 0.3 is 6.03 Å². The van der Waals surface area contributed by atoms with Crippen molar-refractivity contribution in [2.75, 3.05) is 13.6 Å². The zero-order chi connectivity index (χ0) is 13.6. The molecule has 1 atom stereocenters. The fraction of sp³-hybridized carbons (Fsp3) is 0.231. The summed E-state index contributed by atoms with van der Waals surface area (Å²) >= 11 is 0. The Hall–Kier alpha value is -2.37. The van der Waals surface area contributed by atoms with Crippen molar-refractivity contribution in [3.05, 3.63) is 46.9 Å². The second-order valence-corrected chi connectivity index (χ2v) is 4.64. The molecule has 0 aromatic heterocycles. The lowest BCUT2D eigenvalue weighted by Gasteiger charge is -2.25. The number of likely N-dealkylation sites (N-methyl/N-ethyl adjacent to an activating group) is 1. The number of urea groups is 1. The molecule has 0 saturated heterocycles. The van der Waals surface area contributed by atoms with E-state index in [1.165, 1.54) is 17.0 Å². The van der Waals surface area contributed by atoms with Crippen LogP contribution in [0.2, 0.25) is 0 Å². The quantitative estimate of drug-likeness (QED) is 0.789. The van der Waals surface area contributed by atoms with Gasteiger partial charge in [-0.2, -0.15) is 0 Å². The molecule has 2 N–H and O–H groups in total. The van der Waals surface area contributed by atoms with Crippen LogP contribution in [0.4, 0.5) is 9.18 Å². The Labute approximate surface area is 109 Å². The zero-order valence-electron chi connectivity index (χ0n) is 10.2. The van der Waals surface area contributed by atoms with Crippen LogP contribution in [-0.4, -0.2) is 30.4 Å². The van der Waals surface area contributed by atoms with E-state index < -0.39 is 11.9 Å². The fourth-order valence-corrected chi connectivity index (χ4v) is 2.45. The largest absolute Gasteiger partial charge is 0.336 e. The van der Waals surface area contributed by atoms with Crippen molar-refractivity contribution in [1.29, 1.82) is 0 Å². The standard InChI is InChI=1S/C13H12FN3O2/c1-17-6-9-10(12(17)18)11(16-13(19)15-9)7-3-2-4-8(14)5-7/h2-5,11H,6H2,1H3,(H2,15,16,19)/t11-/m0/s1. The maximum absolute atomic E-state index is 13.3. The van der Waals surface area contributed by atoms with Gasteiger partial charge in [-0.25, -0.2) is 9.18 Å². The molecule has 1 aromatic rings. The summed E-state index contributed by atoms with van der Waals surface area (Å²) in [7, 11) is 1.66. The van der Waals surface area contributed by atoms with Crippen molar-refractivity contribution in [2.24, 2.45) is 0 Å². The van der Waals surface area contributed by atoms with Gasteiger partial charge in [0.2, 0.25) is 0 Å². The summed E-state index contributed by atoms with van der Waals surface area (Å²) in [4.78, 5) is 25.2. The van der Waals surface area contributed by atoms with Crippen LogP contribution in [0.3, 0.4) is 0 Å². The molecule has 3 amide bonds. The van der Waals surface area contributed by atoms with Gasteiger partial charge < -0.3 is 15.5 Å². The second kappa shape index (κ2) is 4.08. The summed E-state index contributed by atoms with van der Waals surface area (Å²) in [5.74, 6) is -0.553. The van der Waals surface area contributed by atoms with E-state index in [0.717, 1.165) is 0 Å². The SMILES string of the molecule is CN1CC2=C(C1=O)[C@H](c1cccc(F)c1)NC(=O)N2. The molecule has 0 aliphatic carbocycles. The molecule has 0 spiro atoms. The predicted octanol–water partition coefficient (Wildman–Crippen LogP) is 0.906. The molecule has 0 saturated carbocycles. The van der Waals surface area contributed by atoms with Gasteiger partial charge in [0.1, 0.15) is 5.82 Å². The van der Waals surface area contributed by atoms with Crippen LogP contribution in [0.25, 0.3) is 0 Å². The molecule has 5 nitrogen and oxygen atoms in total. The summed E-state index contributed by atoms with van der Waals surface area (Å²) < 4.78 is 13.3. The Balaban J connectivity index is 2.07. The maximum Gasteiger partial charge on any atom is 0.319 e. The van der Waals surface area contributed by atoms with Crippen molar-refractivity contribution in [3.63, 3.8) is 0 Å². The van der Waals surface area contributed by atoms with Crippen LogP contribution >= 0.6 is 0 Å². The number of halogens is 1. The lowest BCUT2D eigenvalue weighted by atomic mass is 9.96. The highest BCUT2D eigenvalue weighted by molar-refractivity contribution is 6.01. The van der Waals surface area contributed by atoms with Crippen molar-refractivity contribution in [3.8, 4) is 0 Å². The van der Waals surface area contributed by atoms with E-state index in [0.29, 0.717) is 23.4 Å². The van der Waals surface area contributed by atoms with E-state index in [1.807, 2.05) is 0 Å². The third kappa shape index (κ3) is 1.85. The van der Waals surface area contributed by atoms with Gasteiger partial charge in [0.15, 0.2) is 0 Å². The predicted molar refractivity (Wildman–Crippen MR) is 65.5 cm³/mol. The van der Waals surface area contributed by atoms with Crippen LogP contribution in [-0.2, 0) is 4.79 Å². The third-order valence-electron chi connectivity index (χ3n) is 3.31. The maximum atomic E-state index is 13.3. The van der Waals surface area contributed by atoms with E-state index >= 15 is 0 Å². The first-order chi connectivity index (χ1) is 9.06. The number of nitrogens with zero attached hydrogens (tertiary/aromatic N) is 1. The number of hydrogen-bond acceptors (Lipinski definition) is 2. The molecule has 2 heterocycles. The summed E-state index contributed by atoms with van der Waals surface area (Å²) in [6.07, 6.45) is 0. The van der Waals surface area contributed by atoms with Gasteiger partial charge in [-0.05, 0) is 17.7 Å². The average molecular weight is 261 g/mol. The number of rotatable bonds is 1. The minimum Gasteiger partial charge on any atom is -0.336 e. The number of hydrogen-bond donors (Lipinski definition) is 2. The smallest absolute Gasteiger partial charge is 0.319 e. The van der Waals surface area contributed by atoms with Gasteiger partial charge in [-0.3, -0.25) is 4.79 Å². The van der Waals surface area contributed by atoms with Gasteiger partial charge in [0.25, 0.3) is 5.91 Å². The molecule has 19 heavy (non-hydrogen) atoms. The molecule has 3 rings (SSSR count). The summed E-state index contributed by atoms with van der Waals surface area (Å²) in [5, 5.41) is 5.29. The first-order valence-electron chi connectivity index (χ1n) is 5.88. The Morgan fingerprint density at radius 1 is 1.37 bits per heavy atom. The third-order valence-corrected chi connectivity index (χ3v) is 3.31. The Morgan fingerprint density at radius 2 is 2.16 bits per heavy atom. The van der Waals surface area contributed by atoms with E-state index in [1.54, 1.807) is 19.2 Å². The fourth-order valence-electron chi connectivity index (χ4n) is 2.45. The van der Waals surface area contributed by atoms with E-state index in [4.69, 9.17) is 0 Å². The van der Waals surface area contributed by atoms with Crippen LogP contribution in [0, 0.1) is 5.82 Å².